The summed E-state index contributed by atoms with van der Waals surface area (Å²) in [6.45, 7) is 3.00. The van der Waals surface area contributed by atoms with Gasteiger partial charge in [0, 0.05) is 44.1 Å². The Morgan fingerprint density at radius 2 is 2.12 bits per heavy atom. The first-order valence-electron chi connectivity index (χ1n) is 8.90. The van der Waals surface area contributed by atoms with Gasteiger partial charge in [-0.1, -0.05) is 11.2 Å². The molecule has 4 heterocycles. The van der Waals surface area contributed by atoms with Crippen LogP contribution in [0.15, 0.2) is 35.1 Å². The second-order valence-corrected chi connectivity index (χ2v) is 7.28. The van der Waals surface area contributed by atoms with Gasteiger partial charge in [0.1, 0.15) is 5.76 Å². The fourth-order valence-electron chi connectivity index (χ4n) is 4.21. The number of likely N-dealkylation sites (tertiary alicyclic amines) is 2. The van der Waals surface area contributed by atoms with Crippen molar-refractivity contribution in [1.29, 1.82) is 0 Å². The summed E-state index contributed by atoms with van der Waals surface area (Å²) >= 11 is 0. The number of aromatic nitrogens is 2. The van der Waals surface area contributed by atoms with E-state index in [-0.39, 0.29) is 23.3 Å². The molecule has 7 heteroatoms. The molecule has 2 aliphatic rings. The zero-order valence-electron chi connectivity index (χ0n) is 15.0. The van der Waals surface area contributed by atoms with Gasteiger partial charge >= 0.3 is 0 Å². The number of pyridine rings is 1. The zero-order valence-corrected chi connectivity index (χ0v) is 15.0. The van der Waals surface area contributed by atoms with Crippen LogP contribution in [0.2, 0.25) is 0 Å². The average molecular weight is 354 g/mol. The topological polar surface area (TPSA) is 79.5 Å². The van der Waals surface area contributed by atoms with Crippen molar-refractivity contribution in [3.05, 3.63) is 47.6 Å². The molecule has 0 bridgehead atoms. The third kappa shape index (κ3) is 2.67. The van der Waals surface area contributed by atoms with Gasteiger partial charge in [-0.15, -0.1) is 0 Å². The fourth-order valence-corrected chi connectivity index (χ4v) is 4.21. The van der Waals surface area contributed by atoms with E-state index >= 15 is 0 Å². The Labute approximate surface area is 152 Å². The van der Waals surface area contributed by atoms with E-state index in [1.54, 1.807) is 30.3 Å². The lowest BCUT2D eigenvalue weighted by Crippen LogP contribution is -2.52. The third-order valence-corrected chi connectivity index (χ3v) is 5.84. The molecular formula is C19H22N4O3. The maximum Gasteiger partial charge on any atom is 0.276 e. The molecule has 1 atom stereocenters. The Kier molecular flexibility index (Phi) is 4.01. The summed E-state index contributed by atoms with van der Waals surface area (Å²) in [6.07, 6.45) is 5.82. The standard InChI is InChI=1S/C19H22N4O3/c1-13-10-16(21-26-13)18(25)23-8-5-19(6-9-23)11-15(17(24)22(19)2)14-4-3-7-20-12-14/h3-4,7,10,12,15H,5-6,8-9,11H2,1-2H3/t15-/m1/s1. The maximum atomic E-state index is 12.8. The number of nitrogens with zero attached hydrogens (tertiary/aromatic N) is 4. The molecule has 0 saturated carbocycles. The predicted molar refractivity (Wildman–Crippen MR) is 93.5 cm³/mol. The van der Waals surface area contributed by atoms with Crippen molar-refractivity contribution in [2.45, 2.75) is 37.6 Å². The van der Waals surface area contributed by atoms with Gasteiger partial charge in [-0.3, -0.25) is 14.6 Å². The third-order valence-electron chi connectivity index (χ3n) is 5.84. The number of carbonyl (C=O) groups is 2. The number of aryl methyl sites for hydroxylation is 1. The van der Waals surface area contributed by atoms with E-state index in [1.165, 1.54) is 0 Å². The highest BCUT2D eigenvalue weighted by Crippen LogP contribution is 2.44. The number of piperidine rings is 1. The molecule has 0 aromatic carbocycles. The van der Waals surface area contributed by atoms with Gasteiger partial charge in [0.05, 0.1) is 5.92 Å². The van der Waals surface area contributed by atoms with Crippen LogP contribution in [0.25, 0.3) is 0 Å². The molecule has 1 spiro atoms. The molecule has 26 heavy (non-hydrogen) atoms. The smallest absolute Gasteiger partial charge is 0.276 e. The molecule has 2 aromatic heterocycles. The van der Waals surface area contributed by atoms with E-state index in [2.05, 4.69) is 10.1 Å². The van der Waals surface area contributed by atoms with E-state index in [4.69, 9.17) is 4.52 Å². The van der Waals surface area contributed by atoms with Crippen molar-refractivity contribution in [3.8, 4) is 0 Å². The zero-order chi connectivity index (χ0) is 18.3. The summed E-state index contributed by atoms with van der Waals surface area (Å²) < 4.78 is 5.01. The molecule has 0 N–H and O–H groups in total. The summed E-state index contributed by atoms with van der Waals surface area (Å²) in [5.41, 5.74) is 1.13. The number of amides is 2. The molecule has 2 aromatic rings. The van der Waals surface area contributed by atoms with Crippen molar-refractivity contribution in [2.24, 2.45) is 0 Å². The van der Waals surface area contributed by atoms with Crippen molar-refractivity contribution >= 4 is 11.8 Å². The lowest BCUT2D eigenvalue weighted by molar-refractivity contribution is -0.131. The molecule has 2 aliphatic heterocycles. The SMILES string of the molecule is Cc1cc(C(=O)N2CCC3(CC2)C[C@H](c2cccnc2)C(=O)N3C)no1. The first-order chi connectivity index (χ1) is 12.5. The monoisotopic (exact) mass is 354 g/mol. The number of carbonyl (C=O) groups excluding carboxylic acids is 2. The van der Waals surface area contributed by atoms with Crippen molar-refractivity contribution in [3.63, 3.8) is 0 Å². The van der Waals surface area contributed by atoms with Crippen LogP contribution in [0.5, 0.6) is 0 Å². The lowest BCUT2D eigenvalue weighted by Gasteiger charge is -2.43. The van der Waals surface area contributed by atoms with E-state index in [0.29, 0.717) is 24.5 Å². The van der Waals surface area contributed by atoms with E-state index in [1.807, 2.05) is 24.1 Å². The maximum absolute atomic E-state index is 12.8. The Morgan fingerprint density at radius 1 is 1.35 bits per heavy atom. The normalized spacial score (nSPS) is 22.2. The highest BCUT2D eigenvalue weighted by Gasteiger charge is 2.51. The van der Waals surface area contributed by atoms with Crippen LogP contribution in [-0.2, 0) is 4.79 Å². The molecule has 0 radical (unpaired) electrons. The van der Waals surface area contributed by atoms with Crippen LogP contribution in [0, 0.1) is 6.92 Å². The Hall–Kier alpha value is -2.70. The molecule has 2 saturated heterocycles. The number of likely N-dealkylation sites (N-methyl/N-ethyl adjacent to an activating group) is 1. The fraction of sp³-hybridized carbons (Fsp3) is 0.474. The lowest BCUT2D eigenvalue weighted by atomic mass is 9.81. The van der Waals surface area contributed by atoms with E-state index < -0.39 is 0 Å². The number of hydrogen-bond acceptors (Lipinski definition) is 5. The van der Waals surface area contributed by atoms with Gasteiger partial charge in [0.25, 0.3) is 5.91 Å². The molecule has 0 unspecified atom stereocenters. The second-order valence-electron chi connectivity index (χ2n) is 7.28. The minimum Gasteiger partial charge on any atom is -0.361 e. The Bertz CT molecular complexity index is 824. The predicted octanol–water partition coefficient (Wildman–Crippen LogP) is 2.00. The van der Waals surface area contributed by atoms with Gasteiger partial charge in [-0.05, 0) is 37.8 Å². The molecule has 4 rings (SSSR count). The van der Waals surface area contributed by atoms with Crippen LogP contribution >= 0.6 is 0 Å². The van der Waals surface area contributed by atoms with E-state index in [0.717, 1.165) is 24.8 Å². The van der Waals surface area contributed by atoms with Gasteiger partial charge in [0.15, 0.2) is 5.69 Å². The summed E-state index contributed by atoms with van der Waals surface area (Å²) in [7, 11) is 1.89. The summed E-state index contributed by atoms with van der Waals surface area (Å²) in [6, 6.07) is 5.50. The number of hydrogen-bond donors (Lipinski definition) is 0. The first kappa shape index (κ1) is 16.8. The average Bonchev–Trinajstić information content (AvgIpc) is 3.20. The molecule has 136 valence electrons. The van der Waals surface area contributed by atoms with Crippen molar-refractivity contribution in [1.82, 2.24) is 19.9 Å². The minimum atomic E-state index is -0.186. The first-order valence-corrected chi connectivity index (χ1v) is 8.90. The molecule has 2 amide bonds. The molecule has 0 aliphatic carbocycles. The highest BCUT2D eigenvalue weighted by molar-refractivity contribution is 5.92. The molecular weight excluding hydrogens is 332 g/mol. The van der Waals surface area contributed by atoms with Crippen molar-refractivity contribution in [2.75, 3.05) is 20.1 Å². The largest absolute Gasteiger partial charge is 0.361 e. The van der Waals surface area contributed by atoms with Gasteiger partial charge in [-0.25, -0.2) is 0 Å². The molecule has 2 fully saturated rings. The minimum absolute atomic E-state index is 0.104. The summed E-state index contributed by atoms with van der Waals surface area (Å²) in [5, 5.41) is 3.82. The van der Waals surface area contributed by atoms with Crippen LogP contribution in [-0.4, -0.2) is 57.4 Å². The summed E-state index contributed by atoms with van der Waals surface area (Å²) in [5.74, 6) is 0.522. The van der Waals surface area contributed by atoms with Crippen LogP contribution in [0.3, 0.4) is 0 Å². The van der Waals surface area contributed by atoms with Gasteiger partial charge in [0.2, 0.25) is 5.91 Å². The van der Waals surface area contributed by atoms with Gasteiger partial charge < -0.3 is 14.3 Å². The Morgan fingerprint density at radius 3 is 2.73 bits per heavy atom. The molecule has 7 nitrogen and oxygen atoms in total. The second kappa shape index (κ2) is 6.23. The highest BCUT2D eigenvalue weighted by atomic mass is 16.5. The quantitative estimate of drug-likeness (QED) is 0.824. The van der Waals surface area contributed by atoms with Crippen molar-refractivity contribution < 1.29 is 14.1 Å². The van der Waals surface area contributed by atoms with E-state index in [9.17, 15) is 9.59 Å². The van der Waals surface area contributed by atoms with Crippen LogP contribution < -0.4 is 0 Å². The summed E-state index contributed by atoms with van der Waals surface area (Å²) in [4.78, 5) is 33.2. The van der Waals surface area contributed by atoms with Crippen LogP contribution in [0.4, 0.5) is 0 Å². The Balaban J connectivity index is 1.48. The van der Waals surface area contributed by atoms with Crippen LogP contribution in [0.1, 0.15) is 47.0 Å². The number of rotatable bonds is 2. The van der Waals surface area contributed by atoms with Gasteiger partial charge in [-0.2, -0.15) is 0 Å².